The van der Waals surface area contributed by atoms with Crippen LogP contribution in [-0.2, 0) is 0 Å². The van der Waals surface area contributed by atoms with Gasteiger partial charge >= 0.3 is 0 Å². The quantitative estimate of drug-likeness (QED) is 0.272. The van der Waals surface area contributed by atoms with Crippen LogP contribution in [0.1, 0.15) is 0 Å². The van der Waals surface area contributed by atoms with Crippen molar-refractivity contribution in [2.45, 2.75) is 0 Å². The van der Waals surface area contributed by atoms with Crippen LogP contribution >= 0.6 is 11.3 Å². The van der Waals surface area contributed by atoms with Crippen LogP contribution in [0.4, 0.5) is 33.4 Å². The van der Waals surface area contributed by atoms with Crippen molar-refractivity contribution in [1.82, 2.24) is 0 Å². The van der Waals surface area contributed by atoms with Crippen LogP contribution in [-0.4, -0.2) is 0 Å². The van der Waals surface area contributed by atoms with E-state index >= 15 is 0 Å². The molecule has 31 heavy (non-hydrogen) atoms. The fourth-order valence-electron chi connectivity index (χ4n) is 3.75. The lowest BCUT2D eigenvalue weighted by Gasteiger charge is -2.30. The van der Waals surface area contributed by atoms with Crippen LogP contribution in [0.3, 0.4) is 0 Å². The minimum atomic E-state index is 1.13. The van der Waals surface area contributed by atoms with E-state index in [1.807, 2.05) is 0 Å². The molecule has 4 aromatic carbocycles. The molecular formula is C28H22N2S. The minimum Gasteiger partial charge on any atom is -0.308 e. The maximum atomic E-state index is 2.33. The van der Waals surface area contributed by atoms with Gasteiger partial charge in [0, 0.05) is 22.7 Å². The third-order valence-electron chi connectivity index (χ3n) is 5.13. The zero-order chi connectivity index (χ0) is 20.9. The number of nitrogens with zero attached hydrogens (tertiary/aromatic N) is 2. The normalized spacial score (nSPS) is 10.6. The Balaban J connectivity index is 1.71. The highest BCUT2D eigenvalue weighted by Crippen LogP contribution is 2.48. The monoisotopic (exact) mass is 418 g/mol. The Kier molecular flexibility index (Phi) is 5.50. The molecule has 1 heterocycles. The number of hydrogen-bond acceptors (Lipinski definition) is 3. The Bertz CT molecular complexity index is 1040. The molecule has 2 nitrogen and oxygen atoms in total. The van der Waals surface area contributed by atoms with Gasteiger partial charge in [-0.15, -0.1) is 11.3 Å². The van der Waals surface area contributed by atoms with E-state index in [9.17, 15) is 0 Å². The molecule has 0 spiro atoms. The van der Waals surface area contributed by atoms with Crippen molar-refractivity contribution in [2.24, 2.45) is 0 Å². The SMILES string of the molecule is c1ccc(N(c2ccccc2)c2ccsc2N(c2ccccc2)c2ccccc2)cc1. The van der Waals surface area contributed by atoms with Gasteiger partial charge in [0.25, 0.3) is 0 Å². The molecule has 0 saturated carbocycles. The Morgan fingerprint density at radius 3 is 1.13 bits per heavy atom. The number of benzene rings is 4. The van der Waals surface area contributed by atoms with Crippen molar-refractivity contribution in [3.05, 3.63) is 133 Å². The first-order valence-electron chi connectivity index (χ1n) is 10.3. The topological polar surface area (TPSA) is 6.48 Å². The van der Waals surface area contributed by atoms with E-state index in [-0.39, 0.29) is 0 Å². The number of rotatable bonds is 6. The summed E-state index contributed by atoms with van der Waals surface area (Å²) >= 11 is 1.75. The molecule has 0 atom stereocenters. The molecule has 1 aromatic heterocycles. The number of para-hydroxylation sites is 4. The van der Waals surface area contributed by atoms with Gasteiger partial charge in [0.2, 0.25) is 0 Å². The zero-order valence-corrected chi connectivity index (χ0v) is 17.8. The lowest BCUT2D eigenvalue weighted by molar-refractivity contribution is 1.25. The first-order valence-corrected chi connectivity index (χ1v) is 11.2. The maximum absolute atomic E-state index is 2.33. The molecule has 0 N–H and O–H groups in total. The van der Waals surface area contributed by atoms with Crippen molar-refractivity contribution in [3.8, 4) is 0 Å². The van der Waals surface area contributed by atoms with E-state index in [1.54, 1.807) is 11.3 Å². The summed E-state index contributed by atoms with van der Waals surface area (Å²) in [5.74, 6) is 0. The molecule has 0 amide bonds. The van der Waals surface area contributed by atoms with Crippen molar-refractivity contribution >= 4 is 44.8 Å². The van der Waals surface area contributed by atoms with Crippen LogP contribution in [0, 0.1) is 0 Å². The minimum absolute atomic E-state index is 1.13. The predicted molar refractivity (Wildman–Crippen MR) is 134 cm³/mol. The molecule has 0 radical (unpaired) electrons. The van der Waals surface area contributed by atoms with Crippen LogP contribution < -0.4 is 9.80 Å². The third kappa shape index (κ3) is 3.96. The summed E-state index contributed by atoms with van der Waals surface area (Å²) in [6.07, 6.45) is 0. The first-order chi connectivity index (χ1) is 15.4. The third-order valence-corrected chi connectivity index (χ3v) is 6.01. The van der Waals surface area contributed by atoms with Crippen molar-refractivity contribution in [1.29, 1.82) is 0 Å². The molecule has 0 fully saturated rings. The summed E-state index contributed by atoms with van der Waals surface area (Å²) in [5, 5.41) is 3.34. The van der Waals surface area contributed by atoms with Crippen molar-refractivity contribution in [3.63, 3.8) is 0 Å². The van der Waals surface area contributed by atoms with Crippen molar-refractivity contribution < 1.29 is 0 Å². The highest BCUT2D eigenvalue weighted by atomic mass is 32.1. The molecule has 5 rings (SSSR count). The van der Waals surface area contributed by atoms with E-state index in [0.29, 0.717) is 0 Å². The average molecular weight is 419 g/mol. The first kappa shape index (κ1) is 19.2. The van der Waals surface area contributed by atoms with Crippen LogP contribution in [0.25, 0.3) is 0 Å². The average Bonchev–Trinajstić information content (AvgIpc) is 3.31. The molecule has 5 aromatic rings. The fraction of sp³-hybridized carbons (Fsp3) is 0. The Morgan fingerprint density at radius 1 is 0.387 bits per heavy atom. The van der Waals surface area contributed by atoms with E-state index in [2.05, 4.69) is 143 Å². The van der Waals surface area contributed by atoms with Crippen LogP contribution in [0.2, 0.25) is 0 Å². The van der Waals surface area contributed by atoms with E-state index in [0.717, 1.165) is 28.4 Å². The molecule has 0 aliphatic heterocycles. The molecule has 0 unspecified atom stereocenters. The maximum Gasteiger partial charge on any atom is 0.125 e. The van der Waals surface area contributed by atoms with Gasteiger partial charge < -0.3 is 9.80 Å². The van der Waals surface area contributed by atoms with Crippen LogP contribution in [0.15, 0.2) is 133 Å². The molecule has 0 aliphatic rings. The molecule has 150 valence electrons. The van der Waals surface area contributed by atoms with Gasteiger partial charge in [0.15, 0.2) is 0 Å². The lowest BCUT2D eigenvalue weighted by Crippen LogP contribution is -2.15. The fourth-order valence-corrected chi connectivity index (χ4v) is 4.67. The number of hydrogen-bond donors (Lipinski definition) is 0. The van der Waals surface area contributed by atoms with Crippen molar-refractivity contribution in [2.75, 3.05) is 9.80 Å². The molecule has 0 bridgehead atoms. The zero-order valence-electron chi connectivity index (χ0n) is 17.0. The predicted octanol–water partition coefficient (Wildman–Crippen LogP) is 8.69. The Morgan fingerprint density at radius 2 is 0.742 bits per heavy atom. The summed E-state index contributed by atoms with van der Waals surface area (Å²) in [7, 11) is 0. The van der Waals surface area contributed by atoms with Gasteiger partial charge in [-0.05, 0) is 60.0 Å². The van der Waals surface area contributed by atoms with Gasteiger partial charge in [-0.25, -0.2) is 0 Å². The van der Waals surface area contributed by atoms with Crippen LogP contribution in [0.5, 0.6) is 0 Å². The smallest absolute Gasteiger partial charge is 0.125 e. The second-order valence-electron chi connectivity index (χ2n) is 7.12. The van der Waals surface area contributed by atoms with E-state index in [1.165, 1.54) is 5.00 Å². The molecule has 3 heteroatoms. The Hall–Kier alpha value is -3.82. The van der Waals surface area contributed by atoms with Gasteiger partial charge in [-0.3, -0.25) is 0 Å². The summed E-state index contributed by atoms with van der Waals surface area (Å²) in [6, 6.07) is 44.4. The lowest BCUT2D eigenvalue weighted by atomic mass is 10.2. The van der Waals surface area contributed by atoms with Gasteiger partial charge in [0.1, 0.15) is 5.00 Å². The summed E-state index contributed by atoms with van der Waals surface area (Å²) in [4.78, 5) is 4.66. The highest BCUT2D eigenvalue weighted by Gasteiger charge is 2.22. The van der Waals surface area contributed by atoms with Gasteiger partial charge in [-0.1, -0.05) is 72.8 Å². The van der Waals surface area contributed by atoms with Gasteiger partial charge in [-0.2, -0.15) is 0 Å². The molecule has 0 aliphatic carbocycles. The summed E-state index contributed by atoms with van der Waals surface area (Å²) in [5.41, 5.74) is 5.69. The summed E-state index contributed by atoms with van der Waals surface area (Å²) in [6.45, 7) is 0. The Labute approximate surface area is 187 Å². The largest absolute Gasteiger partial charge is 0.308 e. The second-order valence-corrected chi connectivity index (χ2v) is 8.02. The molecular weight excluding hydrogens is 396 g/mol. The van der Waals surface area contributed by atoms with Gasteiger partial charge in [0.05, 0.1) is 5.69 Å². The number of thiophene rings is 1. The second kappa shape index (κ2) is 8.90. The highest BCUT2D eigenvalue weighted by molar-refractivity contribution is 7.15. The standard InChI is InChI=1S/C28H22N2S/c1-5-13-23(14-6-1)29(24-15-7-2-8-16-24)27-21-22-31-28(27)30(25-17-9-3-10-18-25)26-19-11-4-12-20-26/h1-22H. The number of anilines is 6. The summed E-state index contributed by atoms with van der Waals surface area (Å²) < 4.78 is 0. The van der Waals surface area contributed by atoms with E-state index < -0.39 is 0 Å². The van der Waals surface area contributed by atoms with E-state index in [4.69, 9.17) is 0 Å². The molecule has 0 saturated heterocycles.